The highest BCUT2D eigenvalue weighted by molar-refractivity contribution is 5.76. The summed E-state index contributed by atoms with van der Waals surface area (Å²) in [7, 11) is 0. The third-order valence-electron chi connectivity index (χ3n) is 7.04. The lowest BCUT2D eigenvalue weighted by Gasteiger charge is -2.33. The zero-order valence-electron chi connectivity index (χ0n) is 17.8. The van der Waals surface area contributed by atoms with Crippen LogP contribution in [0.1, 0.15) is 56.4 Å². The van der Waals surface area contributed by atoms with Crippen LogP contribution in [-0.2, 0) is 16.2 Å². The largest absolute Gasteiger partial charge is 0.508 e. The molecule has 0 aromatic heterocycles. The van der Waals surface area contributed by atoms with Crippen LogP contribution in [0.5, 0.6) is 11.5 Å². The Morgan fingerprint density at radius 3 is 2.00 bits per heavy atom. The van der Waals surface area contributed by atoms with Gasteiger partial charge in [0.2, 0.25) is 11.8 Å². The van der Waals surface area contributed by atoms with Crippen molar-refractivity contribution in [3.8, 4) is 11.5 Å². The van der Waals surface area contributed by atoms with Crippen LogP contribution >= 0.6 is 0 Å². The first kappa shape index (κ1) is 21.5. The Bertz CT molecular complexity index is 1240. The monoisotopic (exact) mass is 443 g/mol. The van der Waals surface area contributed by atoms with Gasteiger partial charge in [0.1, 0.15) is 5.75 Å². The summed E-state index contributed by atoms with van der Waals surface area (Å²) in [5.41, 5.74) is -4.46. The fraction of sp³-hybridized carbons (Fsp3) is 0.429. The summed E-state index contributed by atoms with van der Waals surface area (Å²) in [6.45, 7) is 6.66. The molecule has 2 unspecified atom stereocenters. The van der Waals surface area contributed by atoms with Gasteiger partial charge in [0.05, 0.1) is 26.2 Å². The number of fused-ring (bicyclic) bond motifs is 4. The van der Waals surface area contributed by atoms with Crippen LogP contribution in [0.3, 0.4) is 0 Å². The first-order valence-electron chi connectivity index (χ1n) is 9.85. The van der Waals surface area contributed by atoms with Gasteiger partial charge in [-0.2, -0.15) is 0 Å². The molecule has 2 aromatic carbocycles. The van der Waals surface area contributed by atoms with Crippen molar-refractivity contribution in [2.45, 2.75) is 56.4 Å². The molecule has 2 N–H and O–H groups in total. The standard InChI is InChI=1S/C21H21N3O8/c1-19(2)9-21(12-7-10(25)5-6-11(12)19)13-8-14(26)16(22(27)28)17(23(29)30)15(13)20(3,4)18(21)24(31)32/h5-8,18,25-26H,9H2,1-4H3. The van der Waals surface area contributed by atoms with Crippen LogP contribution in [0.4, 0.5) is 11.4 Å². The molecule has 4 rings (SSSR count). The van der Waals surface area contributed by atoms with Crippen molar-refractivity contribution in [2.75, 3.05) is 0 Å². The lowest BCUT2D eigenvalue weighted by Crippen LogP contribution is -2.48. The molecule has 2 aliphatic carbocycles. The van der Waals surface area contributed by atoms with Gasteiger partial charge in [-0.25, -0.2) is 0 Å². The number of phenols is 2. The van der Waals surface area contributed by atoms with E-state index in [2.05, 4.69) is 0 Å². The summed E-state index contributed by atoms with van der Waals surface area (Å²) < 4.78 is 0. The molecule has 1 spiro atoms. The van der Waals surface area contributed by atoms with E-state index in [4.69, 9.17) is 0 Å². The Hall–Kier alpha value is -3.76. The van der Waals surface area contributed by atoms with Crippen molar-refractivity contribution in [3.05, 3.63) is 76.9 Å². The van der Waals surface area contributed by atoms with E-state index in [1.165, 1.54) is 26.0 Å². The van der Waals surface area contributed by atoms with Crippen LogP contribution in [0, 0.1) is 30.3 Å². The Kier molecular flexibility index (Phi) is 4.12. The molecule has 0 fully saturated rings. The van der Waals surface area contributed by atoms with Crippen molar-refractivity contribution in [1.82, 2.24) is 0 Å². The minimum Gasteiger partial charge on any atom is -0.508 e. The molecule has 0 radical (unpaired) electrons. The van der Waals surface area contributed by atoms with Crippen LogP contribution < -0.4 is 0 Å². The number of phenolic OH excluding ortho intramolecular Hbond substituents is 2. The fourth-order valence-electron chi connectivity index (χ4n) is 6.21. The van der Waals surface area contributed by atoms with Gasteiger partial charge in [-0.05, 0) is 60.6 Å². The lowest BCUT2D eigenvalue weighted by molar-refractivity contribution is -0.542. The van der Waals surface area contributed by atoms with Crippen LogP contribution in [0.15, 0.2) is 24.3 Å². The first-order valence-corrected chi connectivity index (χ1v) is 9.85. The topological polar surface area (TPSA) is 170 Å². The molecular formula is C21H21N3O8. The maximum absolute atomic E-state index is 12.5. The van der Waals surface area contributed by atoms with E-state index in [1.807, 2.05) is 13.8 Å². The maximum Gasteiger partial charge on any atom is 0.387 e. The van der Waals surface area contributed by atoms with Gasteiger partial charge in [0.15, 0.2) is 0 Å². The molecule has 11 heteroatoms. The average molecular weight is 443 g/mol. The Morgan fingerprint density at radius 1 is 0.875 bits per heavy atom. The van der Waals surface area contributed by atoms with Crippen LogP contribution in [0.2, 0.25) is 0 Å². The molecule has 2 aromatic rings. The molecule has 2 atom stereocenters. The smallest absolute Gasteiger partial charge is 0.387 e. The lowest BCUT2D eigenvalue weighted by atomic mass is 9.68. The number of hydrogen-bond acceptors (Lipinski definition) is 8. The molecular weight excluding hydrogens is 422 g/mol. The second-order valence-electron chi connectivity index (χ2n) is 9.70. The van der Waals surface area contributed by atoms with Gasteiger partial charge in [0.25, 0.3) is 0 Å². The van der Waals surface area contributed by atoms with Crippen molar-refractivity contribution in [2.24, 2.45) is 0 Å². The molecule has 0 heterocycles. The summed E-state index contributed by atoms with van der Waals surface area (Å²) >= 11 is 0. The molecule has 0 saturated carbocycles. The van der Waals surface area contributed by atoms with Gasteiger partial charge in [-0.15, -0.1) is 0 Å². The van der Waals surface area contributed by atoms with Crippen molar-refractivity contribution < 1.29 is 25.0 Å². The van der Waals surface area contributed by atoms with Gasteiger partial charge < -0.3 is 10.2 Å². The van der Waals surface area contributed by atoms with Crippen molar-refractivity contribution >= 4 is 11.4 Å². The average Bonchev–Trinajstić information content (AvgIpc) is 2.97. The number of nitro benzene ring substituents is 2. The maximum atomic E-state index is 12.5. The molecule has 11 nitrogen and oxygen atoms in total. The van der Waals surface area contributed by atoms with E-state index in [-0.39, 0.29) is 23.3 Å². The number of aromatic hydroxyl groups is 2. The summed E-state index contributed by atoms with van der Waals surface area (Å²) in [5, 5.41) is 56.8. The zero-order chi connectivity index (χ0) is 24.0. The molecule has 2 aliphatic rings. The third-order valence-corrected chi connectivity index (χ3v) is 7.04. The minimum absolute atomic E-state index is 0.108. The van der Waals surface area contributed by atoms with Crippen molar-refractivity contribution in [1.29, 1.82) is 0 Å². The molecule has 0 bridgehead atoms. The Morgan fingerprint density at radius 2 is 1.47 bits per heavy atom. The molecule has 0 aliphatic heterocycles. The van der Waals surface area contributed by atoms with Crippen LogP contribution in [-0.4, -0.2) is 31.0 Å². The van der Waals surface area contributed by atoms with Gasteiger partial charge >= 0.3 is 11.4 Å². The van der Waals surface area contributed by atoms with Crippen LogP contribution in [0.25, 0.3) is 0 Å². The second-order valence-corrected chi connectivity index (χ2v) is 9.70. The van der Waals surface area contributed by atoms with E-state index in [9.17, 15) is 40.6 Å². The van der Waals surface area contributed by atoms with E-state index in [0.717, 1.165) is 11.6 Å². The highest BCUT2D eigenvalue weighted by Crippen LogP contribution is 2.66. The molecule has 0 saturated heterocycles. The predicted octanol–water partition coefficient (Wildman–Crippen LogP) is 3.82. The van der Waals surface area contributed by atoms with Gasteiger partial charge in [-0.1, -0.05) is 19.9 Å². The van der Waals surface area contributed by atoms with E-state index in [1.54, 1.807) is 6.07 Å². The summed E-state index contributed by atoms with van der Waals surface area (Å²) in [6, 6.07) is 4.17. The summed E-state index contributed by atoms with van der Waals surface area (Å²) in [4.78, 5) is 33.6. The Balaban J connectivity index is 2.26. The Labute approximate surface area is 181 Å². The highest BCUT2D eigenvalue weighted by atomic mass is 16.6. The number of nitro groups is 3. The van der Waals surface area contributed by atoms with E-state index in [0.29, 0.717) is 5.56 Å². The third kappa shape index (κ3) is 2.41. The molecule has 168 valence electrons. The number of nitrogens with zero attached hydrogens (tertiary/aromatic N) is 3. The highest BCUT2D eigenvalue weighted by Gasteiger charge is 2.71. The second kappa shape index (κ2) is 6.15. The molecule has 32 heavy (non-hydrogen) atoms. The van der Waals surface area contributed by atoms with Crippen molar-refractivity contribution in [3.63, 3.8) is 0 Å². The fourth-order valence-corrected chi connectivity index (χ4v) is 6.21. The quantitative estimate of drug-likeness (QED) is 0.532. The number of hydrogen-bond donors (Lipinski definition) is 2. The predicted molar refractivity (Wildman–Crippen MR) is 112 cm³/mol. The normalized spacial score (nSPS) is 24.2. The molecule has 0 amide bonds. The SMILES string of the molecule is CC1(C)CC2(c3cc(O)ccc31)c1cc(O)c([N+](=O)[O-])c([N+](=O)[O-])c1C(C)(C)C2[N+](=O)[O-]. The van der Waals surface area contributed by atoms with E-state index < -0.39 is 54.2 Å². The zero-order valence-corrected chi connectivity index (χ0v) is 17.8. The number of benzene rings is 2. The van der Waals surface area contributed by atoms with Gasteiger partial charge in [0, 0.05) is 4.92 Å². The summed E-state index contributed by atoms with van der Waals surface area (Å²) in [6.07, 6.45) is 0.162. The summed E-state index contributed by atoms with van der Waals surface area (Å²) in [5.74, 6) is -1.05. The van der Waals surface area contributed by atoms with Gasteiger partial charge in [-0.3, -0.25) is 30.3 Å². The minimum atomic E-state index is -1.50. The van der Waals surface area contributed by atoms with E-state index >= 15 is 0 Å². The number of rotatable bonds is 3. The first-order chi connectivity index (χ1) is 14.7.